The lowest BCUT2D eigenvalue weighted by molar-refractivity contribution is 0.483. The fourth-order valence-electron chi connectivity index (χ4n) is 7.92. The highest BCUT2D eigenvalue weighted by molar-refractivity contribution is 6.09. The SMILES string of the molecule is CC(C)(C)c1cc(N2CN(c3cccc(Oc4ccc5c6ccccc6n(-c6cc(C(C)(C)C)ccn6)c5c4)c3)c3cc(C(C)(C)C)ccc32)cc(C(C)(C)C)c1. The minimum absolute atomic E-state index is 0.00274. The summed E-state index contributed by atoms with van der Waals surface area (Å²) in [6, 6.07) is 42.1. The van der Waals surface area contributed by atoms with Crippen LogP contribution in [0.15, 0.2) is 121 Å². The number of ether oxygens (including phenoxy) is 1. The van der Waals surface area contributed by atoms with E-state index in [4.69, 9.17) is 9.72 Å². The van der Waals surface area contributed by atoms with Gasteiger partial charge < -0.3 is 14.5 Å². The maximum Gasteiger partial charge on any atom is 0.137 e. The molecule has 5 nitrogen and oxygen atoms in total. The minimum Gasteiger partial charge on any atom is -0.457 e. The van der Waals surface area contributed by atoms with E-state index in [9.17, 15) is 0 Å². The summed E-state index contributed by atoms with van der Waals surface area (Å²) in [6.07, 6.45) is 1.93. The maximum absolute atomic E-state index is 6.76. The number of pyridine rings is 1. The molecule has 0 atom stereocenters. The van der Waals surface area contributed by atoms with Crippen molar-refractivity contribution in [3.8, 4) is 17.3 Å². The number of benzene rings is 5. The second-order valence-electron chi connectivity index (χ2n) is 20.0. The Bertz CT molecular complexity index is 2610. The molecule has 5 heteroatoms. The lowest BCUT2D eigenvalue weighted by atomic mass is 9.80. The van der Waals surface area contributed by atoms with Crippen LogP contribution in [0.4, 0.5) is 22.7 Å². The van der Waals surface area contributed by atoms with Gasteiger partial charge in [0.1, 0.15) is 24.0 Å². The Morgan fingerprint density at radius 1 is 0.456 bits per heavy atom. The van der Waals surface area contributed by atoms with Crippen LogP contribution in [0.5, 0.6) is 11.5 Å². The molecule has 2 aromatic heterocycles. The minimum atomic E-state index is 0.00274. The van der Waals surface area contributed by atoms with Crippen molar-refractivity contribution in [2.45, 2.75) is 105 Å². The molecule has 0 bridgehead atoms. The van der Waals surface area contributed by atoms with Crippen LogP contribution in [0.1, 0.15) is 105 Å². The molecule has 7 aromatic rings. The Balaban J connectivity index is 1.19. The summed E-state index contributed by atoms with van der Waals surface area (Å²) >= 11 is 0. The summed E-state index contributed by atoms with van der Waals surface area (Å²) in [7, 11) is 0. The second kappa shape index (κ2) is 13.5. The maximum atomic E-state index is 6.76. The van der Waals surface area contributed by atoms with Gasteiger partial charge in [-0.3, -0.25) is 4.57 Å². The molecular weight excluding hydrogens is 697 g/mol. The van der Waals surface area contributed by atoms with Crippen LogP contribution in [0, 0.1) is 0 Å². The molecule has 0 saturated heterocycles. The van der Waals surface area contributed by atoms with Gasteiger partial charge >= 0.3 is 0 Å². The van der Waals surface area contributed by atoms with E-state index in [2.05, 4.69) is 213 Å². The molecule has 1 aliphatic heterocycles. The van der Waals surface area contributed by atoms with E-state index in [0.717, 1.165) is 34.0 Å². The van der Waals surface area contributed by atoms with Gasteiger partial charge in [-0.05, 0) is 111 Å². The predicted octanol–water partition coefficient (Wildman–Crippen LogP) is 14.4. The standard InChI is InChI=1S/C52H58N4O/c1-49(2,3)34-20-23-45-47(29-34)54(33-55(45)39-27-36(51(7,8)9)26-37(28-39)52(10,11)12)38-16-15-17-40(31-38)57-41-21-22-43-42-18-13-14-19-44(42)56(46(43)32-41)48-30-35(24-25-53-48)50(4,5)6/h13-32H,33H2,1-12H3. The van der Waals surface area contributed by atoms with Crippen molar-refractivity contribution in [3.05, 3.63) is 144 Å². The van der Waals surface area contributed by atoms with Crippen molar-refractivity contribution in [1.29, 1.82) is 0 Å². The molecule has 0 radical (unpaired) electrons. The van der Waals surface area contributed by atoms with E-state index in [1.165, 1.54) is 50.1 Å². The fourth-order valence-corrected chi connectivity index (χ4v) is 7.92. The van der Waals surface area contributed by atoms with Gasteiger partial charge in [-0.2, -0.15) is 0 Å². The van der Waals surface area contributed by atoms with Crippen molar-refractivity contribution in [2.75, 3.05) is 16.5 Å². The highest BCUT2D eigenvalue weighted by atomic mass is 16.5. The molecule has 0 spiro atoms. The largest absolute Gasteiger partial charge is 0.457 e. The first-order chi connectivity index (χ1) is 26.8. The molecule has 0 unspecified atom stereocenters. The van der Waals surface area contributed by atoms with Crippen molar-refractivity contribution in [2.24, 2.45) is 0 Å². The van der Waals surface area contributed by atoms with Gasteiger partial charge in [-0.25, -0.2) is 4.98 Å². The number of rotatable bonds is 5. The third-order valence-corrected chi connectivity index (χ3v) is 11.5. The summed E-state index contributed by atoms with van der Waals surface area (Å²) in [5, 5.41) is 2.36. The van der Waals surface area contributed by atoms with E-state index in [-0.39, 0.29) is 21.7 Å². The summed E-state index contributed by atoms with van der Waals surface area (Å²) in [4.78, 5) is 9.80. The van der Waals surface area contributed by atoms with Crippen molar-refractivity contribution in [1.82, 2.24) is 9.55 Å². The summed E-state index contributed by atoms with van der Waals surface area (Å²) in [5.74, 6) is 2.48. The van der Waals surface area contributed by atoms with Gasteiger partial charge in [0.05, 0.1) is 22.4 Å². The van der Waals surface area contributed by atoms with E-state index < -0.39 is 0 Å². The van der Waals surface area contributed by atoms with Gasteiger partial charge in [0.2, 0.25) is 0 Å². The van der Waals surface area contributed by atoms with Gasteiger partial charge in [0.15, 0.2) is 0 Å². The molecule has 0 saturated carbocycles. The molecule has 57 heavy (non-hydrogen) atoms. The average molecular weight is 755 g/mol. The number of hydrogen-bond acceptors (Lipinski definition) is 4. The van der Waals surface area contributed by atoms with Crippen LogP contribution in [-0.2, 0) is 21.7 Å². The summed E-state index contributed by atoms with van der Waals surface area (Å²) < 4.78 is 9.03. The number of anilines is 4. The number of nitrogens with zero attached hydrogens (tertiary/aromatic N) is 4. The summed E-state index contributed by atoms with van der Waals surface area (Å²) in [6.45, 7) is 28.1. The lowest BCUT2D eigenvalue weighted by Crippen LogP contribution is -2.25. The highest BCUT2D eigenvalue weighted by Crippen LogP contribution is 2.48. The van der Waals surface area contributed by atoms with E-state index in [1.54, 1.807) is 0 Å². The molecule has 0 fully saturated rings. The van der Waals surface area contributed by atoms with Crippen LogP contribution in [0.3, 0.4) is 0 Å². The van der Waals surface area contributed by atoms with Crippen LogP contribution < -0.4 is 14.5 Å². The number of hydrogen-bond donors (Lipinski definition) is 0. The molecule has 0 amide bonds. The molecular formula is C52H58N4O. The number of fused-ring (bicyclic) bond motifs is 4. The van der Waals surface area contributed by atoms with Gasteiger partial charge in [0.25, 0.3) is 0 Å². The topological polar surface area (TPSA) is 33.5 Å². The molecule has 5 aromatic carbocycles. The molecule has 292 valence electrons. The third kappa shape index (κ3) is 7.29. The zero-order valence-corrected chi connectivity index (χ0v) is 36.0. The van der Waals surface area contributed by atoms with Crippen LogP contribution in [0.2, 0.25) is 0 Å². The Morgan fingerprint density at radius 3 is 1.75 bits per heavy atom. The fraction of sp³-hybridized carbons (Fsp3) is 0.327. The first-order valence-corrected chi connectivity index (χ1v) is 20.4. The quantitative estimate of drug-likeness (QED) is 0.175. The normalized spacial score (nSPS) is 13.8. The summed E-state index contributed by atoms with van der Waals surface area (Å²) in [5.41, 5.74) is 12.2. The van der Waals surface area contributed by atoms with E-state index in [1.807, 2.05) is 6.20 Å². The zero-order valence-electron chi connectivity index (χ0n) is 36.0. The molecule has 3 heterocycles. The average Bonchev–Trinajstić information content (AvgIpc) is 3.69. The molecule has 1 aliphatic rings. The number of para-hydroxylation sites is 1. The van der Waals surface area contributed by atoms with Gasteiger partial charge in [0, 0.05) is 40.5 Å². The van der Waals surface area contributed by atoms with Crippen LogP contribution in [0.25, 0.3) is 27.6 Å². The second-order valence-corrected chi connectivity index (χ2v) is 20.0. The molecule has 0 aliphatic carbocycles. The van der Waals surface area contributed by atoms with Crippen molar-refractivity contribution < 1.29 is 4.74 Å². The Morgan fingerprint density at radius 2 is 1.07 bits per heavy atom. The van der Waals surface area contributed by atoms with E-state index in [0.29, 0.717) is 6.67 Å². The Hall–Kier alpha value is -5.55. The van der Waals surface area contributed by atoms with Crippen LogP contribution in [-0.4, -0.2) is 16.2 Å². The third-order valence-electron chi connectivity index (χ3n) is 11.5. The first kappa shape index (κ1) is 38.3. The highest BCUT2D eigenvalue weighted by Gasteiger charge is 2.32. The Kier molecular flexibility index (Phi) is 9.11. The Labute approximate surface area is 339 Å². The van der Waals surface area contributed by atoms with Gasteiger partial charge in [-0.1, -0.05) is 119 Å². The van der Waals surface area contributed by atoms with Crippen molar-refractivity contribution >= 4 is 44.6 Å². The smallest absolute Gasteiger partial charge is 0.137 e. The van der Waals surface area contributed by atoms with Crippen LogP contribution >= 0.6 is 0 Å². The lowest BCUT2D eigenvalue weighted by Gasteiger charge is -2.29. The number of aromatic nitrogens is 2. The monoisotopic (exact) mass is 754 g/mol. The molecule has 8 rings (SSSR count). The molecule has 0 N–H and O–H groups in total. The first-order valence-electron chi connectivity index (χ1n) is 20.4. The zero-order chi connectivity index (χ0) is 40.7. The van der Waals surface area contributed by atoms with E-state index >= 15 is 0 Å². The van der Waals surface area contributed by atoms with Gasteiger partial charge in [-0.15, -0.1) is 0 Å². The van der Waals surface area contributed by atoms with Crippen molar-refractivity contribution in [3.63, 3.8) is 0 Å². The predicted molar refractivity (Wildman–Crippen MR) is 242 cm³/mol.